The molecule has 0 fully saturated rings. The molecule has 1 aromatic heterocycles. The highest BCUT2D eigenvalue weighted by Gasteiger charge is 2.14. The minimum Gasteiger partial charge on any atom is -0.487 e. The van der Waals surface area contributed by atoms with Crippen molar-refractivity contribution in [1.29, 1.82) is 0 Å². The van der Waals surface area contributed by atoms with Crippen molar-refractivity contribution >= 4 is 21.8 Å². The monoisotopic (exact) mass is 505 g/mol. The number of ether oxygens (including phenoxy) is 1. The molecule has 6 nitrogen and oxygen atoms in total. The number of aromatic nitrogens is 1. The number of nitrogens with zero attached hydrogens (tertiary/aromatic N) is 1. The van der Waals surface area contributed by atoms with Gasteiger partial charge < -0.3 is 20.4 Å². The Bertz CT molecular complexity index is 1180. The molecule has 0 unspecified atom stereocenters. The minimum atomic E-state index is -0.711. The number of halogens is 3. The Morgan fingerprint density at radius 2 is 1.81 bits per heavy atom. The highest BCUT2D eigenvalue weighted by atomic mass is 79.9. The van der Waals surface area contributed by atoms with Gasteiger partial charge >= 0.3 is 0 Å². The van der Waals surface area contributed by atoms with E-state index < -0.39 is 11.6 Å². The molecule has 32 heavy (non-hydrogen) atoms. The van der Waals surface area contributed by atoms with Gasteiger partial charge in [0.25, 0.3) is 5.56 Å². The van der Waals surface area contributed by atoms with Crippen LogP contribution in [0.4, 0.5) is 8.78 Å². The zero-order valence-electron chi connectivity index (χ0n) is 17.3. The third-order valence-corrected chi connectivity index (χ3v) is 5.58. The molecule has 1 heterocycles. The molecule has 0 spiro atoms. The molecule has 3 rings (SSSR count). The lowest BCUT2D eigenvalue weighted by molar-refractivity contribution is -0.119. The van der Waals surface area contributed by atoms with Crippen LogP contribution in [-0.4, -0.2) is 17.0 Å². The lowest BCUT2D eigenvalue weighted by Gasteiger charge is -2.15. The molecule has 0 bridgehead atoms. The van der Waals surface area contributed by atoms with Gasteiger partial charge in [-0.3, -0.25) is 9.59 Å². The molecule has 0 aliphatic rings. The highest BCUT2D eigenvalue weighted by molar-refractivity contribution is 9.10. The zero-order valence-corrected chi connectivity index (χ0v) is 18.9. The number of nitrogens with two attached hydrogens (primary N) is 1. The number of pyridine rings is 1. The fourth-order valence-corrected chi connectivity index (χ4v) is 3.47. The number of hydrogen-bond donors (Lipinski definition) is 2. The Balaban J connectivity index is 1.72. The number of carbonyl (C=O) groups is 1. The van der Waals surface area contributed by atoms with E-state index in [1.807, 2.05) is 24.3 Å². The number of aryl methyl sites for hydroxylation is 1. The van der Waals surface area contributed by atoms with E-state index in [9.17, 15) is 18.4 Å². The molecule has 0 atom stereocenters. The first-order valence-electron chi connectivity index (χ1n) is 9.79. The van der Waals surface area contributed by atoms with Crippen LogP contribution in [0.1, 0.15) is 22.4 Å². The van der Waals surface area contributed by atoms with Crippen LogP contribution in [-0.2, 0) is 24.5 Å². The average molecular weight is 506 g/mol. The molecular formula is C23H22BrF2N3O3. The van der Waals surface area contributed by atoms with E-state index in [-0.39, 0.29) is 40.4 Å². The fourth-order valence-electron chi connectivity index (χ4n) is 3.03. The summed E-state index contributed by atoms with van der Waals surface area (Å²) in [6.45, 7) is 2.28. The maximum absolute atomic E-state index is 13.8. The first kappa shape index (κ1) is 23.6. The minimum absolute atomic E-state index is 0.0618. The molecule has 1 amide bonds. The third-order valence-electron chi connectivity index (χ3n) is 4.85. The van der Waals surface area contributed by atoms with E-state index in [1.165, 1.54) is 6.07 Å². The first-order chi connectivity index (χ1) is 15.3. The van der Waals surface area contributed by atoms with Crippen LogP contribution in [0.15, 0.2) is 57.8 Å². The lowest BCUT2D eigenvalue weighted by Crippen LogP contribution is -2.29. The average Bonchev–Trinajstić information content (AvgIpc) is 2.78. The molecule has 2 aromatic carbocycles. The smallest absolute Gasteiger partial charge is 0.269 e. The fraction of sp³-hybridized carbons (Fsp3) is 0.217. The predicted octanol–water partition coefficient (Wildman–Crippen LogP) is 3.40. The van der Waals surface area contributed by atoms with Gasteiger partial charge in [-0.05, 0) is 46.1 Å². The van der Waals surface area contributed by atoms with Crippen molar-refractivity contribution in [2.24, 2.45) is 5.73 Å². The number of hydrogen-bond acceptors (Lipinski definition) is 4. The summed E-state index contributed by atoms with van der Waals surface area (Å²) in [6, 6.07) is 12.4. The van der Waals surface area contributed by atoms with Gasteiger partial charge in [0.05, 0.1) is 13.1 Å². The van der Waals surface area contributed by atoms with Crippen LogP contribution in [0.2, 0.25) is 0 Å². The summed E-state index contributed by atoms with van der Waals surface area (Å²) >= 11 is 3.27. The van der Waals surface area contributed by atoms with Gasteiger partial charge in [0.15, 0.2) is 0 Å². The predicted molar refractivity (Wildman–Crippen MR) is 120 cm³/mol. The van der Waals surface area contributed by atoms with Crippen molar-refractivity contribution < 1.29 is 18.3 Å². The van der Waals surface area contributed by atoms with Gasteiger partial charge in [-0.1, -0.05) is 24.3 Å². The zero-order chi connectivity index (χ0) is 23.3. The molecule has 0 aliphatic heterocycles. The molecule has 0 radical (unpaired) electrons. The molecule has 3 aromatic rings. The summed E-state index contributed by atoms with van der Waals surface area (Å²) in [4.78, 5) is 24.1. The second-order valence-electron chi connectivity index (χ2n) is 7.18. The van der Waals surface area contributed by atoms with Crippen LogP contribution in [0.25, 0.3) is 0 Å². The Morgan fingerprint density at radius 1 is 1.12 bits per heavy atom. The molecule has 9 heteroatoms. The molecule has 0 saturated carbocycles. The first-order valence-corrected chi connectivity index (χ1v) is 10.6. The van der Waals surface area contributed by atoms with Gasteiger partial charge in [0.2, 0.25) is 5.91 Å². The third kappa shape index (κ3) is 5.80. The maximum atomic E-state index is 13.8. The van der Waals surface area contributed by atoms with Crippen molar-refractivity contribution in [3.63, 3.8) is 0 Å². The van der Waals surface area contributed by atoms with Gasteiger partial charge in [-0.25, -0.2) is 8.78 Å². The van der Waals surface area contributed by atoms with E-state index >= 15 is 0 Å². The van der Waals surface area contributed by atoms with E-state index in [1.54, 1.807) is 17.6 Å². The number of carbonyl (C=O) groups excluding carboxylic acids is 1. The van der Waals surface area contributed by atoms with Crippen LogP contribution < -0.4 is 21.3 Å². The summed E-state index contributed by atoms with van der Waals surface area (Å²) in [5.74, 6) is -1.33. The molecule has 3 N–H and O–H groups in total. The van der Waals surface area contributed by atoms with Crippen molar-refractivity contribution in [1.82, 2.24) is 9.88 Å². The lowest BCUT2D eigenvalue weighted by atomic mass is 10.1. The van der Waals surface area contributed by atoms with Crippen LogP contribution in [0.5, 0.6) is 5.75 Å². The second kappa shape index (κ2) is 10.5. The van der Waals surface area contributed by atoms with Crippen molar-refractivity contribution in [2.75, 3.05) is 6.54 Å². The van der Waals surface area contributed by atoms with Crippen molar-refractivity contribution in [2.45, 2.75) is 26.6 Å². The summed E-state index contributed by atoms with van der Waals surface area (Å²) in [5, 5.41) is 2.70. The normalized spacial score (nSPS) is 10.8. The highest BCUT2D eigenvalue weighted by Crippen LogP contribution is 2.24. The summed E-state index contributed by atoms with van der Waals surface area (Å²) in [5.41, 5.74) is 7.64. The van der Waals surface area contributed by atoms with E-state index in [4.69, 9.17) is 10.5 Å². The van der Waals surface area contributed by atoms with Crippen LogP contribution >= 0.6 is 15.9 Å². The van der Waals surface area contributed by atoms with Crippen molar-refractivity contribution in [3.8, 4) is 5.75 Å². The standard InChI is InChI=1S/C23H22BrF2N3O3/c1-14-8-20(32-13-17-6-7-18(25)9-19(17)26)22(24)23(31)29(14)12-16-4-2-15(3-5-16)11-28-21(30)10-27/h2-9H,10-13,27H2,1H3,(H,28,30). The largest absolute Gasteiger partial charge is 0.487 e. The summed E-state index contributed by atoms with van der Waals surface area (Å²) < 4.78 is 34.3. The summed E-state index contributed by atoms with van der Waals surface area (Å²) in [6.07, 6.45) is 0. The van der Waals surface area contributed by atoms with Gasteiger partial charge in [0, 0.05) is 29.9 Å². The number of rotatable bonds is 8. The SMILES string of the molecule is Cc1cc(OCc2ccc(F)cc2F)c(Br)c(=O)n1Cc1ccc(CNC(=O)CN)cc1. The second-order valence-corrected chi connectivity index (χ2v) is 7.97. The Labute approximate surface area is 192 Å². The van der Waals surface area contributed by atoms with Gasteiger partial charge in [-0.2, -0.15) is 0 Å². The Hall–Kier alpha value is -3.04. The summed E-state index contributed by atoms with van der Waals surface area (Å²) in [7, 11) is 0. The van der Waals surface area contributed by atoms with E-state index in [2.05, 4.69) is 21.2 Å². The van der Waals surface area contributed by atoms with Gasteiger partial charge in [0.1, 0.15) is 28.5 Å². The Kier molecular flexibility index (Phi) is 7.76. The van der Waals surface area contributed by atoms with E-state index in [0.717, 1.165) is 23.3 Å². The number of nitrogens with one attached hydrogen (secondary N) is 1. The topological polar surface area (TPSA) is 86.3 Å². The van der Waals surface area contributed by atoms with Crippen LogP contribution in [0.3, 0.4) is 0 Å². The molecular weight excluding hydrogens is 484 g/mol. The number of amides is 1. The van der Waals surface area contributed by atoms with Gasteiger partial charge in [-0.15, -0.1) is 0 Å². The molecule has 0 aliphatic carbocycles. The van der Waals surface area contributed by atoms with Crippen molar-refractivity contribution in [3.05, 3.63) is 97.4 Å². The van der Waals surface area contributed by atoms with Crippen LogP contribution in [0, 0.1) is 18.6 Å². The maximum Gasteiger partial charge on any atom is 0.269 e. The quantitative estimate of drug-likeness (QED) is 0.491. The Morgan fingerprint density at radius 3 is 2.47 bits per heavy atom. The molecule has 0 saturated heterocycles. The molecule has 168 valence electrons. The van der Waals surface area contributed by atoms with E-state index in [0.29, 0.717) is 18.8 Å². The number of benzene rings is 2.